The normalized spacial score (nSPS) is 11.2. The largest absolute Gasteiger partial charge is 0.497 e. The lowest BCUT2D eigenvalue weighted by Gasteiger charge is -2.15. The fourth-order valence-electron chi connectivity index (χ4n) is 3.52. The van der Waals surface area contributed by atoms with Crippen molar-refractivity contribution in [3.63, 3.8) is 0 Å². The fraction of sp³-hybridized carbons (Fsp3) is 0.107. The van der Waals surface area contributed by atoms with Crippen LogP contribution in [0.25, 0.3) is 23.0 Å². The van der Waals surface area contributed by atoms with Gasteiger partial charge in [-0.05, 0) is 54.6 Å². The van der Waals surface area contributed by atoms with Crippen LogP contribution in [0.1, 0.15) is 15.9 Å². The van der Waals surface area contributed by atoms with Gasteiger partial charge in [0.15, 0.2) is 0 Å². The number of likely N-dealkylation sites (N-methyl/N-ethyl adjacent to an activating group) is 1. The van der Waals surface area contributed by atoms with E-state index in [4.69, 9.17) is 21.4 Å². The SMILES string of the molecule is COc1ccc(C(=O)N/C(=C\c2cn(-c3ccccc3)nc2-c2ccc(Cl)cc2)C(=O)N(C)C)cc1. The molecule has 0 bridgehead atoms. The standard InChI is InChI=1S/C28H25ClN4O3/c1-32(2)28(35)25(30-27(34)20-11-15-24(36-3)16-12-20)17-21-18-33(23-7-5-4-6-8-23)31-26(21)19-9-13-22(29)14-10-19/h4-18H,1-3H3,(H,30,34)/b25-17-. The molecule has 0 unspecified atom stereocenters. The number of ether oxygens (including phenoxy) is 1. The smallest absolute Gasteiger partial charge is 0.269 e. The highest BCUT2D eigenvalue weighted by Crippen LogP contribution is 2.27. The summed E-state index contributed by atoms with van der Waals surface area (Å²) in [6.45, 7) is 0. The van der Waals surface area contributed by atoms with Crippen molar-refractivity contribution in [2.24, 2.45) is 0 Å². The number of aromatic nitrogens is 2. The van der Waals surface area contributed by atoms with Gasteiger partial charge < -0.3 is 15.0 Å². The van der Waals surface area contributed by atoms with Crippen molar-refractivity contribution in [3.05, 3.63) is 107 Å². The molecule has 1 aromatic heterocycles. The maximum atomic E-state index is 13.1. The van der Waals surface area contributed by atoms with Gasteiger partial charge in [-0.2, -0.15) is 5.10 Å². The maximum Gasteiger partial charge on any atom is 0.269 e. The molecule has 0 saturated carbocycles. The van der Waals surface area contributed by atoms with Crippen LogP contribution in [0.15, 0.2) is 90.8 Å². The van der Waals surface area contributed by atoms with Crippen molar-refractivity contribution in [2.75, 3.05) is 21.2 Å². The van der Waals surface area contributed by atoms with Crippen LogP contribution in [-0.4, -0.2) is 47.7 Å². The number of carbonyl (C=O) groups is 2. The molecule has 0 fully saturated rings. The first kappa shape index (κ1) is 24.8. The van der Waals surface area contributed by atoms with Gasteiger partial charge in [-0.25, -0.2) is 4.68 Å². The van der Waals surface area contributed by atoms with Crippen LogP contribution in [0.5, 0.6) is 5.75 Å². The summed E-state index contributed by atoms with van der Waals surface area (Å²) < 4.78 is 6.89. The van der Waals surface area contributed by atoms with E-state index in [-0.39, 0.29) is 11.6 Å². The Kier molecular flexibility index (Phi) is 7.51. The average molecular weight is 501 g/mol. The molecule has 0 spiro atoms. The summed E-state index contributed by atoms with van der Waals surface area (Å²) in [6, 6.07) is 23.6. The number of nitrogens with zero attached hydrogens (tertiary/aromatic N) is 3. The lowest BCUT2D eigenvalue weighted by atomic mass is 10.1. The molecule has 2 amide bonds. The molecule has 182 valence electrons. The van der Waals surface area contributed by atoms with E-state index in [9.17, 15) is 9.59 Å². The predicted molar refractivity (Wildman–Crippen MR) is 141 cm³/mol. The molecule has 0 aliphatic carbocycles. The molecule has 1 N–H and O–H groups in total. The van der Waals surface area contributed by atoms with Crippen LogP contribution in [0.3, 0.4) is 0 Å². The van der Waals surface area contributed by atoms with E-state index in [2.05, 4.69) is 5.32 Å². The number of methoxy groups -OCH3 is 1. The van der Waals surface area contributed by atoms with E-state index in [1.54, 1.807) is 68.4 Å². The summed E-state index contributed by atoms with van der Waals surface area (Å²) in [4.78, 5) is 27.5. The van der Waals surface area contributed by atoms with Crippen LogP contribution in [0.2, 0.25) is 5.02 Å². The average Bonchev–Trinajstić information content (AvgIpc) is 3.32. The Bertz CT molecular complexity index is 1390. The van der Waals surface area contributed by atoms with Gasteiger partial charge in [-0.15, -0.1) is 0 Å². The van der Waals surface area contributed by atoms with E-state index in [1.807, 2.05) is 48.7 Å². The Morgan fingerprint density at radius 1 is 0.972 bits per heavy atom. The molecule has 4 aromatic rings. The van der Waals surface area contributed by atoms with E-state index in [0.29, 0.717) is 27.6 Å². The second-order valence-electron chi connectivity index (χ2n) is 8.16. The van der Waals surface area contributed by atoms with Crippen LogP contribution in [0.4, 0.5) is 0 Å². The Morgan fingerprint density at radius 2 is 1.64 bits per heavy atom. The van der Waals surface area contributed by atoms with Crippen molar-refractivity contribution in [3.8, 4) is 22.7 Å². The van der Waals surface area contributed by atoms with E-state index < -0.39 is 5.91 Å². The predicted octanol–water partition coefficient (Wildman–Crippen LogP) is 5.06. The van der Waals surface area contributed by atoms with Crippen molar-refractivity contribution < 1.29 is 14.3 Å². The minimum atomic E-state index is -0.414. The third kappa shape index (κ3) is 5.64. The minimum Gasteiger partial charge on any atom is -0.497 e. The van der Waals surface area contributed by atoms with Gasteiger partial charge in [0.05, 0.1) is 12.8 Å². The van der Waals surface area contributed by atoms with Crippen molar-refractivity contribution in [1.82, 2.24) is 20.0 Å². The molecule has 0 aliphatic rings. The molecule has 0 radical (unpaired) electrons. The van der Waals surface area contributed by atoms with Gasteiger partial charge in [0.25, 0.3) is 11.8 Å². The molecule has 3 aromatic carbocycles. The molecule has 0 atom stereocenters. The van der Waals surface area contributed by atoms with Gasteiger partial charge in [-0.3, -0.25) is 9.59 Å². The molecule has 1 heterocycles. The first-order valence-electron chi connectivity index (χ1n) is 11.2. The lowest BCUT2D eigenvalue weighted by Crippen LogP contribution is -2.34. The molecule has 8 heteroatoms. The highest BCUT2D eigenvalue weighted by atomic mass is 35.5. The molecule has 0 saturated heterocycles. The number of hydrogen-bond donors (Lipinski definition) is 1. The summed E-state index contributed by atoms with van der Waals surface area (Å²) in [5.74, 6) is -0.137. The molecule has 4 rings (SSSR count). The summed E-state index contributed by atoms with van der Waals surface area (Å²) >= 11 is 6.09. The fourth-order valence-corrected chi connectivity index (χ4v) is 3.65. The Hall–Kier alpha value is -4.36. The third-order valence-electron chi connectivity index (χ3n) is 5.42. The highest BCUT2D eigenvalue weighted by molar-refractivity contribution is 6.30. The second kappa shape index (κ2) is 10.9. The third-order valence-corrected chi connectivity index (χ3v) is 5.67. The van der Waals surface area contributed by atoms with Crippen LogP contribution >= 0.6 is 11.6 Å². The summed E-state index contributed by atoms with van der Waals surface area (Å²) in [6.07, 6.45) is 3.46. The number of halogens is 1. The number of para-hydroxylation sites is 1. The first-order valence-corrected chi connectivity index (χ1v) is 11.5. The Labute approximate surface area is 214 Å². The summed E-state index contributed by atoms with van der Waals surface area (Å²) in [5, 5.41) is 8.15. The molecule has 7 nitrogen and oxygen atoms in total. The van der Waals surface area contributed by atoms with Crippen LogP contribution < -0.4 is 10.1 Å². The van der Waals surface area contributed by atoms with Crippen molar-refractivity contribution in [2.45, 2.75) is 0 Å². The molecular weight excluding hydrogens is 476 g/mol. The highest BCUT2D eigenvalue weighted by Gasteiger charge is 2.19. The second-order valence-corrected chi connectivity index (χ2v) is 8.60. The monoisotopic (exact) mass is 500 g/mol. The van der Waals surface area contributed by atoms with Gasteiger partial charge >= 0.3 is 0 Å². The van der Waals surface area contributed by atoms with Gasteiger partial charge in [0.1, 0.15) is 17.1 Å². The minimum absolute atomic E-state index is 0.114. The number of carbonyl (C=O) groups excluding carboxylic acids is 2. The zero-order chi connectivity index (χ0) is 25.7. The van der Waals surface area contributed by atoms with E-state index in [1.165, 1.54) is 4.90 Å². The van der Waals surface area contributed by atoms with Crippen LogP contribution in [0, 0.1) is 0 Å². The topological polar surface area (TPSA) is 76.5 Å². The first-order chi connectivity index (χ1) is 17.4. The van der Waals surface area contributed by atoms with Crippen LogP contribution in [-0.2, 0) is 4.79 Å². The number of amides is 2. The maximum absolute atomic E-state index is 13.1. The summed E-state index contributed by atoms with van der Waals surface area (Å²) in [5.41, 5.74) is 3.48. The Balaban J connectivity index is 1.78. The number of hydrogen-bond acceptors (Lipinski definition) is 4. The number of rotatable bonds is 7. The molecule has 0 aliphatic heterocycles. The lowest BCUT2D eigenvalue weighted by molar-refractivity contribution is -0.124. The molecule has 36 heavy (non-hydrogen) atoms. The summed E-state index contributed by atoms with van der Waals surface area (Å²) in [7, 11) is 4.81. The van der Waals surface area contributed by atoms with Crippen molar-refractivity contribution >= 4 is 29.5 Å². The van der Waals surface area contributed by atoms with Gasteiger partial charge in [0, 0.05) is 42.0 Å². The Morgan fingerprint density at radius 3 is 2.25 bits per heavy atom. The molecular formula is C28H25ClN4O3. The van der Waals surface area contributed by atoms with Gasteiger partial charge in [0.2, 0.25) is 0 Å². The number of nitrogens with one attached hydrogen (secondary N) is 1. The zero-order valence-electron chi connectivity index (χ0n) is 20.1. The zero-order valence-corrected chi connectivity index (χ0v) is 20.9. The number of benzene rings is 3. The van der Waals surface area contributed by atoms with Gasteiger partial charge in [-0.1, -0.05) is 41.9 Å². The quantitative estimate of drug-likeness (QED) is 0.360. The van der Waals surface area contributed by atoms with E-state index in [0.717, 1.165) is 11.3 Å². The van der Waals surface area contributed by atoms with E-state index >= 15 is 0 Å². The van der Waals surface area contributed by atoms with Crippen molar-refractivity contribution in [1.29, 1.82) is 0 Å².